The zero-order chi connectivity index (χ0) is 17.8. The predicted octanol–water partition coefficient (Wildman–Crippen LogP) is 4.61. The molecule has 0 saturated carbocycles. The Labute approximate surface area is 164 Å². The maximum atomic E-state index is 14.6. The zero-order valence-corrected chi connectivity index (χ0v) is 15.8. The Balaban J connectivity index is 0.00000210. The number of ether oxygens (including phenoxy) is 1. The minimum Gasteiger partial charge on any atom is -0.489 e. The van der Waals surface area contributed by atoms with Crippen molar-refractivity contribution in [1.82, 2.24) is 15.1 Å². The SMILES string of the molecule is Cl.Fc1cc(OCc2ccccc2)ccc1-c1cnn(C2CCNCC2)c1. The van der Waals surface area contributed by atoms with E-state index in [1.165, 1.54) is 6.07 Å². The molecule has 0 unspecified atom stereocenters. The third-order valence-corrected chi connectivity index (χ3v) is 4.78. The van der Waals surface area contributed by atoms with Crippen LogP contribution in [0, 0.1) is 5.82 Å². The van der Waals surface area contributed by atoms with Gasteiger partial charge in [0, 0.05) is 23.4 Å². The molecular formula is C21H23ClFN3O. The van der Waals surface area contributed by atoms with Gasteiger partial charge in [0.1, 0.15) is 18.2 Å². The highest BCUT2D eigenvalue weighted by molar-refractivity contribution is 5.85. The molecule has 4 rings (SSSR count). The second-order valence-corrected chi connectivity index (χ2v) is 6.61. The van der Waals surface area contributed by atoms with Crippen LogP contribution in [0.3, 0.4) is 0 Å². The molecule has 2 aromatic carbocycles. The molecule has 3 aromatic rings. The normalized spacial score (nSPS) is 14.6. The number of nitrogens with zero attached hydrogens (tertiary/aromatic N) is 2. The highest BCUT2D eigenvalue weighted by Gasteiger charge is 2.17. The van der Waals surface area contributed by atoms with E-state index >= 15 is 0 Å². The molecule has 0 radical (unpaired) electrons. The van der Waals surface area contributed by atoms with E-state index in [0.717, 1.165) is 37.1 Å². The number of aromatic nitrogens is 2. The minimum absolute atomic E-state index is 0. The fourth-order valence-corrected chi connectivity index (χ4v) is 3.31. The van der Waals surface area contributed by atoms with Gasteiger partial charge in [-0.2, -0.15) is 5.10 Å². The summed E-state index contributed by atoms with van der Waals surface area (Å²) < 4.78 is 22.3. The van der Waals surface area contributed by atoms with E-state index in [4.69, 9.17) is 4.74 Å². The van der Waals surface area contributed by atoms with Gasteiger partial charge in [-0.1, -0.05) is 30.3 Å². The lowest BCUT2D eigenvalue weighted by Gasteiger charge is -2.22. The van der Waals surface area contributed by atoms with Crippen LogP contribution in [0.4, 0.5) is 4.39 Å². The molecule has 4 nitrogen and oxygen atoms in total. The third kappa shape index (κ3) is 4.67. The van der Waals surface area contributed by atoms with Crippen LogP contribution in [0.15, 0.2) is 60.9 Å². The van der Waals surface area contributed by atoms with Crippen molar-refractivity contribution in [3.8, 4) is 16.9 Å². The molecule has 2 heterocycles. The van der Waals surface area contributed by atoms with Gasteiger partial charge in [-0.3, -0.25) is 4.68 Å². The molecule has 1 fully saturated rings. The van der Waals surface area contributed by atoms with Crippen molar-refractivity contribution in [2.75, 3.05) is 13.1 Å². The van der Waals surface area contributed by atoms with Crippen LogP contribution in [-0.4, -0.2) is 22.9 Å². The van der Waals surface area contributed by atoms with Gasteiger partial charge >= 0.3 is 0 Å². The molecule has 0 amide bonds. The average Bonchev–Trinajstić information content (AvgIpc) is 3.18. The molecule has 0 atom stereocenters. The first-order valence-electron chi connectivity index (χ1n) is 9.01. The van der Waals surface area contributed by atoms with Crippen LogP contribution in [0.25, 0.3) is 11.1 Å². The van der Waals surface area contributed by atoms with Gasteiger partial charge in [-0.05, 0) is 43.6 Å². The van der Waals surface area contributed by atoms with E-state index in [1.54, 1.807) is 12.3 Å². The van der Waals surface area contributed by atoms with Crippen LogP contribution >= 0.6 is 12.4 Å². The molecule has 1 aliphatic heterocycles. The maximum absolute atomic E-state index is 14.6. The van der Waals surface area contributed by atoms with Gasteiger partial charge < -0.3 is 10.1 Å². The lowest BCUT2D eigenvalue weighted by Crippen LogP contribution is -2.29. The minimum atomic E-state index is -0.291. The topological polar surface area (TPSA) is 39.1 Å². The molecule has 27 heavy (non-hydrogen) atoms. The Morgan fingerprint density at radius 3 is 2.63 bits per heavy atom. The molecule has 0 aliphatic carbocycles. The zero-order valence-electron chi connectivity index (χ0n) is 15.0. The molecular weight excluding hydrogens is 365 g/mol. The summed E-state index contributed by atoms with van der Waals surface area (Å²) >= 11 is 0. The second-order valence-electron chi connectivity index (χ2n) is 6.61. The molecule has 1 aromatic heterocycles. The van der Waals surface area contributed by atoms with E-state index in [0.29, 0.717) is 24.0 Å². The Morgan fingerprint density at radius 1 is 1.11 bits per heavy atom. The molecule has 0 spiro atoms. The maximum Gasteiger partial charge on any atom is 0.134 e. The molecule has 142 valence electrons. The molecule has 0 bridgehead atoms. The van der Waals surface area contributed by atoms with Crippen molar-refractivity contribution in [3.63, 3.8) is 0 Å². The third-order valence-electron chi connectivity index (χ3n) is 4.78. The van der Waals surface area contributed by atoms with Crippen molar-refractivity contribution in [3.05, 3.63) is 72.3 Å². The number of hydrogen-bond donors (Lipinski definition) is 1. The summed E-state index contributed by atoms with van der Waals surface area (Å²) in [5.41, 5.74) is 2.41. The van der Waals surface area contributed by atoms with Crippen LogP contribution in [-0.2, 0) is 6.61 Å². The molecule has 1 aliphatic rings. The monoisotopic (exact) mass is 387 g/mol. The van der Waals surface area contributed by atoms with E-state index in [2.05, 4.69) is 10.4 Å². The average molecular weight is 388 g/mol. The van der Waals surface area contributed by atoms with Gasteiger partial charge in [0.05, 0.1) is 12.2 Å². The second kappa shape index (κ2) is 9.02. The lowest BCUT2D eigenvalue weighted by atomic mass is 10.1. The summed E-state index contributed by atoms with van der Waals surface area (Å²) in [6.45, 7) is 2.43. The van der Waals surface area contributed by atoms with E-state index in [9.17, 15) is 4.39 Å². The first-order chi connectivity index (χ1) is 12.8. The van der Waals surface area contributed by atoms with Crippen LogP contribution in [0.5, 0.6) is 5.75 Å². The number of benzene rings is 2. The largest absolute Gasteiger partial charge is 0.489 e. The predicted molar refractivity (Wildman–Crippen MR) is 107 cm³/mol. The Morgan fingerprint density at radius 2 is 1.89 bits per heavy atom. The van der Waals surface area contributed by atoms with Gasteiger partial charge in [-0.25, -0.2) is 4.39 Å². The Kier molecular flexibility index (Phi) is 6.48. The fraction of sp³-hybridized carbons (Fsp3) is 0.286. The number of piperidine rings is 1. The van der Waals surface area contributed by atoms with Crippen LogP contribution < -0.4 is 10.1 Å². The highest BCUT2D eigenvalue weighted by atomic mass is 35.5. The van der Waals surface area contributed by atoms with Gasteiger partial charge in [0.15, 0.2) is 0 Å². The number of nitrogens with one attached hydrogen (secondary N) is 1. The van der Waals surface area contributed by atoms with Crippen LogP contribution in [0.2, 0.25) is 0 Å². The summed E-state index contributed by atoms with van der Waals surface area (Å²) in [5, 5.41) is 7.79. The summed E-state index contributed by atoms with van der Waals surface area (Å²) in [5.74, 6) is 0.237. The lowest BCUT2D eigenvalue weighted by molar-refractivity contribution is 0.304. The van der Waals surface area contributed by atoms with Crippen molar-refractivity contribution in [1.29, 1.82) is 0 Å². The van der Waals surface area contributed by atoms with Crippen molar-refractivity contribution >= 4 is 12.4 Å². The van der Waals surface area contributed by atoms with Crippen LogP contribution in [0.1, 0.15) is 24.4 Å². The van der Waals surface area contributed by atoms with E-state index in [-0.39, 0.29) is 18.2 Å². The standard InChI is InChI=1S/C21H22FN3O.ClH/c22-21-12-19(26-15-16-4-2-1-3-5-16)6-7-20(21)17-13-24-25(14-17)18-8-10-23-11-9-18;/h1-7,12-14,18,23H,8-11,15H2;1H. The molecule has 1 N–H and O–H groups in total. The van der Waals surface area contributed by atoms with E-state index in [1.807, 2.05) is 47.3 Å². The summed E-state index contributed by atoms with van der Waals surface area (Å²) in [6, 6.07) is 15.3. The molecule has 6 heteroatoms. The smallest absolute Gasteiger partial charge is 0.134 e. The first kappa shape index (κ1) is 19.4. The molecule has 1 saturated heterocycles. The van der Waals surface area contributed by atoms with E-state index < -0.39 is 0 Å². The summed E-state index contributed by atoms with van der Waals surface area (Å²) in [4.78, 5) is 0. The van der Waals surface area contributed by atoms with Crippen molar-refractivity contribution in [2.24, 2.45) is 0 Å². The van der Waals surface area contributed by atoms with Gasteiger partial charge in [0.25, 0.3) is 0 Å². The number of rotatable bonds is 5. The highest BCUT2D eigenvalue weighted by Crippen LogP contribution is 2.28. The Hall–Kier alpha value is -2.37. The number of hydrogen-bond acceptors (Lipinski definition) is 3. The summed E-state index contributed by atoms with van der Waals surface area (Å²) in [7, 11) is 0. The number of halogens is 2. The Bertz CT molecular complexity index is 863. The first-order valence-corrected chi connectivity index (χ1v) is 9.01. The van der Waals surface area contributed by atoms with Gasteiger partial charge in [-0.15, -0.1) is 12.4 Å². The fourth-order valence-electron chi connectivity index (χ4n) is 3.31. The van der Waals surface area contributed by atoms with Crippen molar-refractivity contribution < 1.29 is 9.13 Å². The van der Waals surface area contributed by atoms with Gasteiger partial charge in [0.2, 0.25) is 0 Å². The summed E-state index contributed by atoms with van der Waals surface area (Å²) in [6.07, 6.45) is 5.79. The van der Waals surface area contributed by atoms with Crippen molar-refractivity contribution in [2.45, 2.75) is 25.5 Å². The quantitative estimate of drug-likeness (QED) is 0.694.